The molecule has 1 atom stereocenters. The lowest BCUT2D eigenvalue weighted by atomic mass is 9.92. The maximum absolute atomic E-state index is 12.5. The Bertz CT molecular complexity index is 994. The van der Waals surface area contributed by atoms with Gasteiger partial charge in [0.15, 0.2) is 5.65 Å². The first-order valence-corrected chi connectivity index (χ1v) is 8.78. The summed E-state index contributed by atoms with van der Waals surface area (Å²) < 4.78 is 7.63. The number of amides is 1. The van der Waals surface area contributed by atoms with Gasteiger partial charge in [-0.1, -0.05) is 12.2 Å². The second-order valence-corrected chi connectivity index (χ2v) is 7.73. The molecule has 0 aromatic carbocycles. The van der Waals surface area contributed by atoms with Crippen LogP contribution < -0.4 is 0 Å². The Morgan fingerprint density at radius 3 is 2.88 bits per heavy atom. The van der Waals surface area contributed by atoms with Crippen molar-refractivity contribution < 1.29 is 9.53 Å². The molecule has 0 bridgehead atoms. The molecule has 1 fully saturated rings. The predicted octanol–water partition coefficient (Wildman–Crippen LogP) is 3.49. The molecule has 26 heavy (non-hydrogen) atoms. The Labute approximate surface area is 151 Å². The number of H-pyrrole nitrogens is 1. The number of imidazole rings is 1. The summed E-state index contributed by atoms with van der Waals surface area (Å²) >= 11 is 0. The van der Waals surface area contributed by atoms with Crippen molar-refractivity contribution in [3.05, 3.63) is 42.6 Å². The first-order valence-electron chi connectivity index (χ1n) is 8.78. The highest BCUT2D eigenvalue weighted by atomic mass is 16.6. The molecule has 0 radical (unpaired) electrons. The van der Waals surface area contributed by atoms with Gasteiger partial charge in [0.25, 0.3) is 0 Å². The van der Waals surface area contributed by atoms with Gasteiger partial charge in [-0.25, -0.2) is 14.8 Å². The van der Waals surface area contributed by atoms with E-state index in [1.54, 1.807) is 11.1 Å². The number of nitrogens with zero attached hydrogens (tertiary/aromatic N) is 4. The highest BCUT2D eigenvalue weighted by Gasteiger charge is 2.32. The van der Waals surface area contributed by atoms with E-state index in [9.17, 15) is 4.79 Å². The summed E-state index contributed by atoms with van der Waals surface area (Å²) in [4.78, 5) is 26.4. The Kier molecular flexibility index (Phi) is 3.75. The number of nitrogens with one attached hydrogen (secondary N) is 1. The minimum atomic E-state index is -0.510. The number of hydrogen-bond donors (Lipinski definition) is 1. The van der Waals surface area contributed by atoms with Gasteiger partial charge in [0, 0.05) is 19.3 Å². The quantitative estimate of drug-likeness (QED) is 0.680. The third-order valence-corrected chi connectivity index (χ3v) is 4.65. The van der Waals surface area contributed by atoms with Crippen LogP contribution in [0.1, 0.15) is 38.9 Å². The maximum Gasteiger partial charge on any atom is 0.410 e. The lowest BCUT2D eigenvalue weighted by Crippen LogP contribution is -2.43. The summed E-state index contributed by atoms with van der Waals surface area (Å²) in [5.41, 5.74) is 3.27. The van der Waals surface area contributed by atoms with Gasteiger partial charge in [0.05, 0.1) is 29.3 Å². The second-order valence-electron chi connectivity index (χ2n) is 7.73. The number of fused-ring (bicyclic) bond motifs is 3. The fourth-order valence-corrected chi connectivity index (χ4v) is 3.40. The Morgan fingerprint density at radius 1 is 1.35 bits per heavy atom. The number of hydrogen-bond acceptors (Lipinski definition) is 4. The van der Waals surface area contributed by atoms with E-state index in [-0.39, 0.29) is 12.0 Å². The van der Waals surface area contributed by atoms with Gasteiger partial charge in [-0.3, -0.25) is 4.40 Å². The number of aromatic nitrogens is 4. The minimum Gasteiger partial charge on any atom is -0.444 e. The Hall–Kier alpha value is -2.83. The first-order chi connectivity index (χ1) is 12.3. The van der Waals surface area contributed by atoms with Crippen molar-refractivity contribution in [2.75, 3.05) is 13.1 Å². The van der Waals surface area contributed by atoms with Crippen molar-refractivity contribution in [3.63, 3.8) is 0 Å². The van der Waals surface area contributed by atoms with Crippen molar-refractivity contribution in [1.29, 1.82) is 0 Å². The monoisotopic (exact) mass is 353 g/mol. The first kappa shape index (κ1) is 16.6. The molecule has 0 aliphatic carbocycles. The summed E-state index contributed by atoms with van der Waals surface area (Å²) in [6.07, 6.45) is 5.93. The SMILES string of the molecule is C=C1CCN(C(=O)OC(C)(C)C)C[C@@H]1c1ncc2cnc3[nH]ccc3n12. The highest BCUT2D eigenvalue weighted by Crippen LogP contribution is 2.32. The molecule has 3 aromatic rings. The lowest BCUT2D eigenvalue weighted by molar-refractivity contribution is 0.0223. The van der Waals surface area contributed by atoms with Crippen LogP contribution in [0.3, 0.4) is 0 Å². The van der Waals surface area contributed by atoms with E-state index < -0.39 is 5.60 Å². The molecule has 1 aliphatic rings. The number of piperidine rings is 1. The molecule has 0 unspecified atom stereocenters. The van der Waals surface area contributed by atoms with Crippen LogP contribution in [0.2, 0.25) is 0 Å². The van der Waals surface area contributed by atoms with Gasteiger partial charge in [-0.05, 0) is 33.3 Å². The third-order valence-electron chi connectivity index (χ3n) is 4.65. The summed E-state index contributed by atoms with van der Waals surface area (Å²) in [5.74, 6) is 0.838. The van der Waals surface area contributed by atoms with Gasteiger partial charge in [0.2, 0.25) is 0 Å². The molecule has 136 valence electrons. The second kappa shape index (κ2) is 5.86. The van der Waals surface area contributed by atoms with E-state index in [0.717, 1.165) is 34.5 Å². The molecule has 0 saturated carbocycles. The van der Waals surface area contributed by atoms with Crippen LogP contribution in [0.15, 0.2) is 36.8 Å². The zero-order chi connectivity index (χ0) is 18.5. The van der Waals surface area contributed by atoms with Crippen LogP contribution in [0.4, 0.5) is 4.79 Å². The summed E-state index contributed by atoms with van der Waals surface area (Å²) in [6.45, 7) is 11.0. The summed E-state index contributed by atoms with van der Waals surface area (Å²) in [5, 5.41) is 0. The average Bonchev–Trinajstić information content (AvgIpc) is 3.19. The number of aromatic amines is 1. The number of carbonyl (C=O) groups excluding carboxylic acids is 1. The lowest BCUT2D eigenvalue weighted by Gasteiger charge is -2.35. The summed E-state index contributed by atoms with van der Waals surface area (Å²) in [6, 6.07) is 1.98. The van der Waals surface area contributed by atoms with E-state index in [1.807, 2.05) is 39.2 Å². The van der Waals surface area contributed by atoms with Crippen molar-refractivity contribution in [2.24, 2.45) is 0 Å². The standard InChI is InChI=1S/C19H23N5O2/c1-12-6-8-23(18(25)26-19(2,3)4)11-14(12)17-22-10-13-9-21-16-15(24(13)17)5-7-20-16/h5,7,9-10,14,20H,1,6,8,11H2,2-4H3/t14-/m0/s1. The molecule has 0 spiro atoms. The van der Waals surface area contributed by atoms with E-state index in [0.29, 0.717) is 13.1 Å². The van der Waals surface area contributed by atoms with E-state index in [2.05, 4.69) is 25.9 Å². The molecule has 1 saturated heterocycles. The zero-order valence-electron chi connectivity index (χ0n) is 15.3. The van der Waals surface area contributed by atoms with Crippen molar-refractivity contribution >= 4 is 22.8 Å². The molecule has 7 heteroatoms. The number of ether oxygens (including phenoxy) is 1. The fourth-order valence-electron chi connectivity index (χ4n) is 3.40. The smallest absolute Gasteiger partial charge is 0.410 e. The van der Waals surface area contributed by atoms with Crippen molar-refractivity contribution in [2.45, 2.75) is 38.7 Å². The highest BCUT2D eigenvalue weighted by molar-refractivity contribution is 5.75. The van der Waals surface area contributed by atoms with Crippen LogP contribution in [-0.4, -0.2) is 49.0 Å². The Balaban J connectivity index is 1.70. The number of carbonyl (C=O) groups is 1. The zero-order valence-corrected chi connectivity index (χ0v) is 15.3. The minimum absolute atomic E-state index is 0.0423. The molecule has 1 amide bonds. The molecule has 1 aliphatic heterocycles. The van der Waals surface area contributed by atoms with Crippen LogP contribution in [0, 0.1) is 0 Å². The molecular weight excluding hydrogens is 330 g/mol. The molecule has 1 N–H and O–H groups in total. The normalized spacial score (nSPS) is 18.7. The maximum atomic E-state index is 12.5. The molecule has 3 aromatic heterocycles. The van der Waals surface area contributed by atoms with Crippen molar-refractivity contribution in [1.82, 2.24) is 24.3 Å². The molecular formula is C19H23N5O2. The van der Waals surface area contributed by atoms with Gasteiger partial charge in [0.1, 0.15) is 11.4 Å². The van der Waals surface area contributed by atoms with Crippen LogP contribution in [-0.2, 0) is 4.74 Å². The van der Waals surface area contributed by atoms with Crippen molar-refractivity contribution in [3.8, 4) is 0 Å². The number of likely N-dealkylation sites (tertiary alicyclic amines) is 1. The van der Waals surface area contributed by atoms with Gasteiger partial charge < -0.3 is 14.6 Å². The van der Waals surface area contributed by atoms with Gasteiger partial charge in [-0.2, -0.15) is 0 Å². The largest absolute Gasteiger partial charge is 0.444 e. The molecule has 4 heterocycles. The topological polar surface area (TPSA) is 75.5 Å². The van der Waals surface area contributed by atoms with Crippen LogP contribution in [0.5, 0.6) is 0 Å². The predicted molar refractivity (Wildman–Crippen MR) is 99.1 cm³/mol. The fraction of sp³-hybridized carbons (Fsp3) is 0.421. The Morgan fingerprint density at radius 2 is 2.12 bits per heavy atom. The summed E-state index contributed by atoms with van der Waals surface area (Å²) in [7, 11) is 0. The molecule has 4 rings (SSSR count). The van der Waals surface area contributed by atoms with Gasteiger partial charge in [-0.15, -0.1) is 0 Å². The van der Waals surface area contributed by atoms with E-state index in [4.69, 9.17) is 4.74 Å². The third kappa shape index (κ3) is 2.83. The van der Waals surface area contributed by atoms with Gasteiger partial charge >= 0.3 is 6.09 Å². The number of rotatable bonds is 1. The van der Waals surface area contributed by atoms with E-state index in [1.165, 1.54) is 0 Å². The molecule has 7 nitrogen and oxygen atoms in total. The average molecular weight is 353 g/mol. The van der Waals surface area contributed by atoms with Crippen LogP contribution >= 0.6 is 0 Å². The van der Waals surface area contributed by atoms with Crippen LogP contribution in [0.25, 0.3) is 16.7 Å². The van der Waals surface area contributed by atoms with E-state index >= 15 is 0 Å².